The van der Waals surface area contributed by atoms with Crippen molar-refractivity contribution in [1.82, 2.24) is 9.38 Å². The van der Waals surface area contributed by atoms with Crippen molar-refractivity contribution in [1.29, 1.82) is 0 Å². The van der Waals surface area contributed by atoms with Gasteiger partial charge in [0, 0.05) is 35.8 Å². The summed E-state index contributed by atoms with van der Waals surface area (Å²) in [6.07, 6.45) is 1.94. The van der Waals surface area contributed by atoms with E-state index in [2.05, 4.69) is 28.7 Å². The largest absolute Gasteiger partial charge is 0.292 e. The van der Waals surface area contributed by atoms with Crippen molar-refractivity contribution < 1.29 is 0 Å². The van der Waals surface area contributed by atoms with Crippen molar-refractivity contribution >= 4 is 17.2 Å². The molecule has 70 valence electrons. The van der Waals surface area contributed by atoms with Gasteiger partial charge in [0.05, 0.1) is 6.04 Å². The van der Waals surface area contributed by atoms with Crippen LogP contribution in [0.2, 0.25) is 0 Å². The zero-order chi connectivity index (χ0) is 9.42. The maximum Gasteiger partial charge on any atom is 0.0818 e. The molecule has 0 bridgehead atoms. The zero-order valence-corrected chi connectivity index (χ0v) is 8.88. The maximum absolute atomic E-state index is 4.43. The van der Waals surface area contributed by atoms with E-state index in [0.29, 0.717) is 12.0 Å². The van der Waals surface area contributed by atoms with E-state index >= 15 is 0 Å². The van der Waals surface area contributed by atoms with Crippen molar-refractivity contribution in [2.24, 2.45) is 11.0 Å². The zero-order valence-electron chi connectivity index (χ0n) is 8.06. The molecule has 0 aromatic carbocycles. The van der Waals surface area contributed by atoms with Gasteiger partial charge in [-0.3, -0.25) is 5.01 Å². The minimum atomic E-state index is 0.388. The second-order valence-corrected chi connectivity index (χ2v) is 4.16. The first-order chi connectivity index (χ1) is 6.20. The highest BCUT2D eigenvalue weighted by Crippen LogP contribution is 2.34. The predicted octanol–water partition coefficient (Wildman–Crippen LogP) is 2.14. The van der Waals surface area contributed by atoms with Crippen LogP contribution < -0.4 is 0 Å². The Morgan fingerprint density at radius 3 is 2.77 bits per heavy atom. The van der Waals surface area contributed by atoms with E-state index < -0.39 is 0 Å². The normalized spacial score (nSPS) is 27.9. The quantitative estimate of drug-likeness (QED) is 0.687. The Morgan fingerprint density at radius 1 is 1.54 bits per heavy atom. The molecule has 0 saturated heterocycles. The molecule has 1 aromatic heterocycles. The molecule has 1 aromatic rings. The van der Waals surface area contributed by atoms with Crippen molar-refractivity contribution in [2.45, 2.75) is 19.9 Å². The summed E-state index contributed by atoms with van der Waals surface area (Å²) in [5.74, 6) is 0.501. The molecule has 4 heteroatoms. The van der Waals surface area contributed by atoms with Crippen molar-refractivity contribution in [2.75, 3.05) is 7.05 Å². The van der Waals surface area contributed by atoms with Gasteiger partial charge in [-0.2, -0.15) is 5.10 Å². The van der Waals surface area contributed by atoms with Crippen molar-refractivity contribution in [3.05, 3.63) is 17.1 Å². The fraction of sp³-hybridized carbons (Fsp3) is 0.556. The van der Waals surface area contributed by atoms with E-state index in [9.17, 15) is 0 Å². The van der Waals surface area contributed by atoms with Gasteiger partial charge in [-0.15, -0.1) is 0 Å². The number of hydrogen-bond donors (Lipinski definition) is 0. The molecule has 0 aliphatic carbocycles. The third-order valence-corrected chi connectivity index (χ3v) is 3.25. The van der Waals surface area contributed by atoms with Gasteiger partial charge in [0.25, 0.3) is 0 Å². The molecule has 0 radical (unpaired) electrons. The molecular formula is C9H13N3S. The number of hydrazone groups is 1. The Hall–Kier alpha value is -0.900. The van der Waals surface area contributed by atoms with Crippen LogP contribution in [-0.4, -0.2) is 22.1 Å². The van der Waals surface area contributed by atoms with Gasteiger partial charge in [-0.1, -0.05) is 6.92 Å². The van der Waals surface area contributed by atoms with Gasteiger partial charge >= 0.3 is 0 Å². The summed E-state index contributed by atoms with van der Waals surface area (Å²) in [5, 5.41) is 8.57. The second-order valence-electron chi connectivity index (χ2n) is 3.51. The van der Waals surface area contributed by atoms with Gasteiger partial charge in [0.15, 0.2) is 0 Å². The molecule has 3 nitrogen and oxygen atoms in total. The van der Waals surface area contributed by atoms with Crippen LogP contribution in [0.25, 0.3) is 0 Å². The van der Waals surface area contributed by atoms with Gasteiger partial charge in [-0.25, -0.2) is 4.37 Å². The molecule has 0 fully saturated rings. The number of aromatic nitrogens is 1. The molecule has 0 spiro atoms. The summed E-state index contributed by atoms with van der Waals surface area (Å²) in [5.41, 5.74) is 2.49. The first kappa shape index (κ1) is 8.69. The summed E-state index contributed by atoms with van der Waals surface area (Å²) >= 11 is 1.50. The molecule has 2 rings (SSSR count). The molecule has 2 atom stereocenters. The Bertz CT molecular complexity index is 318. The fourth-order valence-electron chi connectivity index (χ4n) is 1.82. The summed E-state index contributed by atoms with van der Waals surface area (Å²) in [6, 6.07) is 0.388. The van der Waals surface area contributed by atoms with Crippen molar-refractivity contribution in [3.8, 4) is 0 Å². The number of rotatable bonds is 1. The molecular weight excluding hydrogens is 182 g/mol. The predicted molar refractivity (Wildman–Crippen MR) is 54.9 cm³/mol. The van der Waals surface area contributed by atoms with E-state index in [1.807, 2.05) is 18.3 Å². The van der Waals surface area contributed by atoms with Crippen LogP contribution in [0.5, 0.6) is 0 Å². The third-order valence-electron chi connectivity index (χ3n) is 2.64. The highest BCUT2D eigenvalue weighted by molar-refractivity contribution is 7.03. The smallest absolute Gasteiger partial charge is 0.0818 e. The SMILES string of the molecule is CC1=NN(C)C(c2cnsc2)C1C. The molecule has 13 heavy (non-hydrogen) atoms. The lowest BCUT2D eigenvalue weighted by molar-refractivity contribution is 0.257. The van der Waals surface area contributed by atoms with Crippen molar-refractivity contribution in [3.63, 3.8) is 0 Å². The third kappa shape index (κ3) is 1.35. The molecule has 0 N–H and O–H groups in total. The summed E-state index contributed by atoms with van der Waals surface area (Å²) < 4.78 is 4.12. The maximum atomic E-state index is 4.43. The Balaban J connectivity index is 2.28. The van der Waals surface area contributed by atoms with Crippen LogP contribution in [0.4, 0.5) is 0 Å². The molecule has 0 saturated carbocycles. The fourth-order valence-corrected chi connectivity index (χ4v) is 2.38. The van der Waals surface area contributed by atoms with E-state index in [4.69, 9.17) is 0 Å². The first-order valence-electron chi connectivity index (χ1n) is 4.37. The van der Waals surface area contributed by atoms with Crippen LogP contribution >= 0.6 is 11.5 Å². The summed E-state index contributed by atoms with van der Waals surface area (Å²) in [4.78, 5) is 0. The van der Waals surface area contributed by atoms with Gasteiger partial charge in [-0.05, 0) is 18.5 Å². The van der Waals surface area contributed by atoms with E-state index in [1.54, 1.807) is 0 Å². The highest BCUT2D eigenvalue weighted by atomic mass is 32.1. The molecule has 1 aliphatic rings. The Kier molecular flexibility index (Phi) is 2.07. The van der Waals surface area contributed by atoms with Gasteiger partial charge in [0.2, 0.25) is 0 Å². The van der Waals surface area contributed by atoms with Crippen LogP contribution in [-0.2, 0) is 0 Å². The number of hydrogen-bond acceptors (Lipinski definition) is 4. The Labute approximate surface area is 82.2 Å². The topological polar surface area (TPSA) is 28.5 Å². The summed E-state index contributed by atoms with van der Waals surface area (Å²) in [6.45, 7) is 4.30. The Morgan fingerprint density at radius 2 is 2.31 bits per heavy atom. The van der Waals surface area contributed by atoms with Crippen LogP contribution in [0, 0.1) is 5.92 Å². The molecule has 1 aliphatic heterocycles. The van der Waals surface area contributed by atoms with Gasteiger partial charge in [0.1, 0.15) is 0 Å². The summed E-state index contributed by atoms with van der Waals surface area (Å²) in [7, 11) is 2.02. The minimum Gasteiger partial charge on any atom is -0.292 e. The monoisotopic (exact) mass is 195 g/mol. The molecule has 0 amide bonds. The molecule has 2 unspecified atom stereocenters. The van der Waals surface area contributed by atoms with Crippen LogP contribution in [0.15, 0.2) is 16.7 Å². The first-order valence-corrected chi connectivity index (χ1v) is 5.21. The van der Waals surface area contributed by atoms with Crippen LogP contribution in [0.3, 0.4) is 0 Å². The molecule has 2 heterocycles. The van der Waals surface area contributed by atoms with E-state index in [1.165, 1.54) is 22.8 Å². The van der Waals surface area contributed by atoms with E-state index in [-0.39, 0.29) is 0 Å². The minimum absolute atomic E-state index is 0.388. The van der Waals surface area contributed by atoms with Crippen LogP contribution in [0.1, 0.15) is 25.5 Å². The van der Waals surface area contributed by atoms with E-state index in [0.717, 1.165) is 0 Å². The lowest BCUT2D eigenvalue weighted by Crippen LogP contribution is -2.19. The number of nitrogens with zero attached hydrogens (tertiary/aromatic N) is 3. The highest BCUT2D eigenvalue weighted by Gasteiger charge is 2.31. The standard InChI is InChI=1S/C9H13N3S/c1-6-7(2)11-12(3)9(6)8-4-10-13-5-8/h4-6,9H,1-3H3. The average Bonchev–Trinajstić information content (AvgIpc) is 2.63. The second kappa shape index (κ2) is 3.10. The lowest BCUT2D eigenvalue weighted by atomic mass is 9.95. The van der Waals surface area contributed by atoms with Gasteiger partial charge < -0.3 is 0 Å². The lowest BCUT2D eigenvalue weighted by Gasteiger charge is -2.21. The average molecular weight is 195 g/mol.